The number of hydrogen-bond donors (Lipinski definition) is 1. The average molecular weight is 396 g/mol. The van der Waals surface area contributed by atoms with Gasteiger partial charge in [0.15, 0.2) is 0 Å². The number of amides is 1. The van der Waals surface area contributed by atoms with Crippen LogP contribution < -0.4 is 10.5 Å². The normalized spacial score (nSPS) is 12.2. The number of likely N-dealkylation sites (N-methyl/N-ethyl adjacent to an activating group) is 1. The molecule has 142 valence electrons. The zero-order chi connectivity index (χ0) is 19.1. The molecule has 1 atom stereocenters. The van der Waals surface area contributed by atoms with E-state index < -0.39 is 0 Å². The molecular weight excluding hydrogens is 370 g/mol. The zero-order valence-corrected chi connectivity index (χ0v) is 17.0. The van der Waals surface area contributed by atoms with Crippen molar-refractivity contribution in [2.45, 2.75) is 39.3 Å². The molecule has 1 amide bonds. The molecular formula is C19H26ClN3O2S. The van der Waals surface area contributed by atoms with Gasteiger partial charge in [-0.2, -0.15) is 0 Å². The first-order valence-electron chi connectivity index (χ1n) is 8.66. The molecule has 0 saturated heterocycles. The van der Waals surface area contributed by atoms with Gasteiger partial charge in [0.2, 0.25) is 5.91 Å². The van der Waals surface area contributed by atoms with Crippen LogP contribution in [0, 0.1) is 5.92 Å². The second-order valence-electron chi connectivity index (χ2n) is 6.66. The Morgan fingerprint density at radius 2 is 2.04 bits per heavy atom. The molecule has 2 aromatic rings. The van der Waals surface area contributed by atoms with E-state index in [2.05, 4.69) is 18.8 Å². The van der Waals surface area contributed by atoms with Crippen molar-refractivity contribution in [1.82, 2.24) is 9.88 Å². The van der Waals surface area contributed by atoms with Crippen LogP contribution in [0.5, 0.6) is 5.75 Å². The molecule has 0 radical (unpaired) electrons. The minimum Gasteiger partial charge on any atom is -0.486 e. The largest absolute Gasteiger partial charge is 0.486 e. The van der Waals surface area contributed by atoms with E-state index in [9.17, 15) is 4.79 Å². The Kier molecular flexibility index (Phi) is 7.87. The van der Waals surface area contributed by atoms with Crippen LogP contribution in [0.25, 0.3) is 0 Å². The minimum absolute atomic E-state index is 0.0522. The highest BCUT2D eigenvalue weighted by atomic mass is 35.5. The van der Waals surface area contributed by atoms with Crippen molar-refractivity contribution >= 4 is 28.8 Å². The number of nitrogens with two attached hydrogens (primary N) is 1. The van der Waals surface area contributed by atoms with Crippen LogP contribution >= 0.6 is 22.9 Å². The molecule has 0 fully saturated rings. The van der Waals surface area contributed by atoms with E-state index >= 15 is 0 Å². The van der Waals surface area contributed by atoms with Crippen LogP contribution in [0.1, 0.15) is 31.0 Å². The van der Waals surface area contributed by atoms with Crippen LogP contribution in [0.15, 0.2) is 29.6 Å². The van der Waals surface area contributed by atoms with Crippen LogP contribution in [-0.4, -0.2) is 35.4 Å². The molecule has 2 rings (SSSR count). The number of rotatable bonds is 9. The highest BCUT2D eigenvalue weighted by Crippen LogP contribution is 2.18. The van der Waals surface area contributed by atoms with E-state index in [4.69, 9.17) is 22.1 Å². The molecule has 1 heterocycles. The maximum atomic E-state index is 12.3. The third-order valence-corrected chi connectivity index (χ3v) is 5.31. The number of halogens is 1. The summed E-state index contributed by atoms with van der Waals surface area (Å²) in [4.78, 5) is 18.5. The van der Waals surface area contributed by atoms with Gasteiger partial charge < -0.3 is 15.4 Å². The Morgan fingerprint density at radius 1 is 1.35 bits per heavy atom. The van der Waals surface area contributed by atoms with Gasteiger partial charge in [-0.15, -0.1) is 11.3 Å². The quantitative estimate of drug-likeness (QED) is 0.702. The Hall–Kier alpha value is -1.63. The maximum absolute atomic E-state index is 12.3. The second kappa shape index (κ2) is 9.90. The lowest BCUT2D eigenvalue weighted by atomic mass is 10.0. The standard InChI is InChI=1S/C19H26ClN3O2S/c1-13(2)17(21)8-9-23(3)19(24)10-15-12-26-18(22-15)11-25-16-6-4-14(20)5-7-16/h4-7,12-13,17H,8-11,21H2,1-3H3. The molecule has 0 aliphatic heterocycles. The lowest BCUT2D eigenvalue weighted by molar-refractivity contribution is -0.129. The third kappa shape index (κ3) is 6.59. The topological polar surface area (TPSA) is 68.5 Å². The van der Waals surface area contributed by atoms with Crippen LogP contribution in [0.3, 0.4) is 0 Å². The molecule has 1 unspecified atom stereocenters. The van der Waals surface area contributed by atoms with Gasteiger partial charge >= 0.3 is 0 Å². The maximum Gasteiger partial charge on any atom is 0.228 e. The van der Waals surface area contributed by atoms with Crippen molar-refractivity contribution in [1.29, 1.82) is 0 Å². The van der Waals surface area contributed by atoms with Crippen molar-refractivity contribution in [3.63, 3.8) is 0 Å². The fraction of sp³-hybridized carbons (Fsp3) is 0.474. The molecule has 5 nitrogen and oxygen atoms in total. The first-order valence-corrected chi connectivity index (χ1v) is 9.92. The van der Waals surface area contributed by atoms with Gasteiger partial charge in [-0.3, -0.25) is 4.79 Å². The molecule has 0 bridgehead atoms. The first kappa shape index (κ1) is 20.7. The predicted molar refractivity (Wildman–Crippen MR) is 107 cm³/mol. The summed E-state index contributed by atoms with van der Waals surface area (Å²) in [5.41, 5.74) is 6.81. The number of nitrogens with zero attached hydrogens (tertiary/aromatic N) is 2. The number of carbonyl (C=O) groups is 1. The summed E-state index contributed by atoms with van der Waals surface area (Å²) >= 11 is 7.35. The van der Waals surface area contributed by atoms with Crippen LogP contribution in [0.4, 0.5) is 0 Å². The molecule has 0 aliphatic rings. The zero-order valence-electron chi connectivity index (χ0n) is 15.4. The Morgan fingerprint density at radius 3 is 2.69 bits per heavy atom. The van der Waals surface area contributed by atoms with E-state index in [1.807, 2.05) is 24.6 Å². The van der Waals surface area contributed by atoms with E-state index in [1.165, 1.54) is 11.3 Å². The Bertz CT molecular complexity index is 703. The average Bonchev–Trinajstić information content (AvgIpc) is 3.06. The monoisotopic (exact) mass is 395 g/mol. The highest BCUT2D eigenvalue weighted by Gasteiger charge is 2.15. The molecule has 2 N–H and O–H groups in total. The van der Waals surface area contributed by atoms with Crippen molar-refractivity contribution in [3.8, 4) is 5.75 Å². The van der Waals surface area contributed by atoms with Gasteiger partial charge in [0, 0.05) is 30.0 Å². The summed E-state index contributed by atoms with van der Waals surface area (Å²) in [6.45, 7) is 5.22. The SMILES string of the molecule is CC(C)C(N)CCN(C)C(=O)Cc1csc(COc2ccc(Cl)cc2)n1. The van der Waals surface area contributed by atoms with E-state index in [0.29, 0.717) is 30.5 Å². The van der Waals surface area contributed by atoms with Gasteiger partial charge in [0.05, 0.1) is 12.1 Å². The van der Waals surface area contributed by atoms with Crippen LogP contribution in [0.2, 0.25) is 5.02 Å². The Balaban J connectivity index is 1.79. The summed E-state index contributed by atoms with van der Waals surface area (Å²) in [7, 11) is 1.81. The van der Waals surface area contributed by atoms with Gasteiger partial charge in [-0.1, -0.05) is 25.4 Å². The van der Waals surface area contributed by atoms with Crippen LogP contribution in [-0.2, 0) is 17.8 Å². The minimum atomic E-state index is 0.0522. The summed E-state index contributed by atoms with van der Waals surface area (Å²) < 4.78 is 5.68. The molecule has 1 aromatic carbocycles. The predicted octanol–water partition coefficient (Wildman–Crippen LogP) is 3.75. The molecule has 0 spiro atoms. The number of aromatic nitrogens is 1. The fourth-order valence-electron chi connectivity index (χ4n) is 2.26. The van der Waals surface area contributed by atoms with Crippen molar-refractivity contribution < 1.29 is 9.53 Å². The second-order valence-corrected chi connectivity index (χ2v) is 8.04. The molecule has 0 aliphatic carbocycles. The molecule has 7 heteroatoms. The van der Waals surface area contributed by atoms with Gasteiger partial charge in [-0.25, -0.2) is 4.98 Å². The van der Waals surface area contributed by atoms with Gasteiger partial charge in [0.25, 0.3) is 0 Å². The number of carbonyl (C=O) groups excluding carboxylic acids is 1. The summed E-state index contributed by atoms with van der Waals surface area (Å²) in [6.07, 6.45) is 1.10. The lowest BCUT2D eigenvalue weighted by Crippen LogP contribution is -2.35. The number of thiazole rings is 1. The number of hydrogen-bond acceptors (Lipinski definition) is 5. The Labute approximate surface area is 164 Å². The van der Waals surface area contributed by atoms with Crippen molar-refractivity contribution in [2.75, 3.05) is 13.6 Å². The summed E-state index contributed by atoms with van der Waals surface area (Å²) in [5.74, 6) is 1.21. The fourth-order valence-corrected chi connectivity index (χ4v) is 3.09. The summed E-state index contributed by atoms with van der Waals surface area (Å²) in [5, 5.41) is 3.42. The lowest BCUT2D eigenvalue weighted by Gasteiger charge is -2.21. The van der Waals surface area contributed by atoms with Gasteiger partial charge in [-0.05, 0) is 36.6 Å². The molecule has 26 heavy (non-hydrogen) atoms. The third-order valence-electron chi connectivity index (χ3n) is 4.19. The van der Waals surface area contributed by atoms with Crippen molar-refractivity contribution in [3.05, 3.63) is 45.4 Å². The van der Waals surface area contributed by atoms with Crippen molar-refractivity contribution in [2.24, 2.45) is 11.7 Å². The highest BCUT2D eigenvalue weighted by molar-refractivity contribution is 7.09. The van der Waals surface area contributed by atoms with Gasteiger partial charge in [0.1, 0.15) is 17.4 Å². The summed E-state index contributed by atoms with van der Waals surface area (Å²) in [6, 6.07) is 7.31. The smallest absolute Gasteiger partial charge is 0.228 e. The molecule has 0 saturated carbocycles. The van der Waals surface area contributed by atoms with E-state index in [1.54, 1.807) is 17.0 Å². The number of benzene rings is 1. The van der Waals surface area contributed by atoms with E-state index in [-0.39, 0.29) is 11.9 Å². The number of ether oxygens (including phenoxy) is 1. The first-order chi connectivity index (χ1) is 12.3. The van der Waals surface area contributed by atoms with E-state index in [0.717, 1.165) is 22.9 Å². The molecule has 1 aromatic heterocycles.